The van der Waals surface area contributed by atoms with Gasteiger partial charge in [-0.2, -0.15) is 0 Å². The Balaban J connectivity index is 0.000000142. The third-order valence-electron chi connectivity index (χ3n) is 23.8. The number of ether oxygens (including phenoxy) is 8. The highest BCUT2D eigenvalue weighted by Gasteiger charge is 2.52. The maximum atomic E-state index is 13.2. The van der Waals surface area contributed by atoms with E-state index < -0.39 is 24.4 Å². The number of β-lactam (4-membered cyclic amide) rings is 4. The number of carbonyl (C=O) groups excluding carboxylic acids is 4. The Labute approximate surface area is 726 Å². The van der Waals surface area contributed by atoms with Gasteiger partial charge >= 0.3 is 0 Å². The van der Waals surface area contributed by atoms with Crippen LogP contribution in [0.2, 0.25) is 0 Å². The van der Waals surface area contributed by atoms with E-state index in [1.807, 2.05) is 335 Å². The average Bonchev–Trinajstić information content (AvgIpc) is 0.756. The lowest BCUT2D eigenvalue weighted by atomic mass is 9.78. The first kappa shape index (κ1) is 88.5. The third kappa shape index (κ3) is 20.7. The molecule has 4 heterocycles. The molecule has 12 aromatic carbocycles. The van der Waals surface area contributed by atoms with Crippen LogP contribution in [0.15, 0.2) is 315 Å². The number of carbonyl (C=O) groups is 4. The molecule has 0 bridgehead atoms. The first-order chi connectivity index (χ1) is 60.5. The lowest BCUT2D eigenvalue weighted by molar-refractivity contribution is -0.131. The van der Waals surface area contributed by atoms with Crippen molar-refractivity contribution in [2.24, 2.45) is 23.7 Å². The minimum Gasteiger partial charge on any atom is -0.497 e. The van der Waals surface area contributed by atoms with E-state index in [-0.39, 0.29) is 71.5 Å². The molecule has 12 aromatic rings. The Morgan fingerprint density at radius 3 is 0.508 bits per heavy atom. The van der Waals surface area contributed by atoms with E-state index in [4.69, 9.17) is 37.9 Å². The number of nitrogens with zero attached hydrogens (tertiary/aromatic N) is 4. The Kier molecular flexibility index (Phi) is 30.4. The van der Waals surface area contributed by atoms with Gasteiger partial charge in [0.15, 0.2) is 0 Å². The fourth-order valence-corrected chi connectivity index (χ4v) is 16.9. The van der Waals surface area contributed by atoms with E-state index in [1.54, 1.807) is 56.9 Å². The number of hydrogen-bond donors (Lipinski definition) is 4. The van der Waals surface area contributed by atoms with Gasteiger partial charge in [0, 0.05) is 22.7 Å². The molecule has 4 aliphatic rings. The fourth-order valence-electron chi connectivity index (χ4n) is 16.9. The van der Waals surface area contributed by atoms with Crippen molar-refractivity contribution in [3.63, 3.8) is 0 Å². The van der Waals surface area contributed by atoms with E-state index in [0.29, 0.717) is 51.4 Å². The van der Waals surface area contributed by atoms with E-state index in [0.717, 1.165) is 113 Å². The zero-order chi connectivity index (χ0) is 87.2. The van der Waals surface area contributed by atoms with Gasteiger partial charge in [-0.05, 0) is 241 Å². The summed E-state index contributed by atoms with van der Waals surface area (Å²) in [7, 11) is 13.0. The first-order valence-corrected chi connectivity index (χ1v) is 41.8. The quantitative estimate of drug-likeness (QED) is 0.0287. The Morgan fingerprint density at radius 2 is 0.363 bits per heavy atom. The van der Waals surface area contributed by atoms with Crippen molar-refractivity contribution in [3.05, 3.63) is 360 Å². The van der Waals surface area contributed by atoms with E-state index >= 15 is 0 Å². The molecule has 0 saturated carbocycles. The molecule has 16 rings (SSSR count). The highest BCUT2D eigenvalue weighted by Crippen LogP contribution is 2.52. The highest BCUT2D eigenvalue weighted by molar-refractivity contribution is 6.05. The van der Waals surface area contributed by atoms with Crippen molar-refractivity contribution in [1.82, 2.24) is 0 Å². The van der Waals surface area contributed by atoms with Crippen LogP contribution in [0.1, 0.15) is 144 Å². The minimum absolute atomic E-state index is 0.0752. The molecule has 4 N–H and O–H groups in total. The maximum absolute atomic E-state index is 13.2. The summed E-state index contributed by atoms with van der Waals surface area (Å²) in [6, 6.07) is 99.5. The van der Waals surface area contributed by atoms with E-state index in [1.165, 1.54) is 0 Å². The molecule has 4 saturated heterocycles. The second-order valence-corrected chi connectivity index (χ2v) is 30.9. The number of methoxy groups -OCH3 is 8. The molecule has 0 spiro atoms. The van der Waals surface area contributed by atoms with Crippen LogP contribution >= 0.6 is 0 Å². The molecule has 4 aliphatic heterocycles. The summed E-state index contributed by atoms with van der Waals surface area (Å²) in [5.41, 5.74) is 11.1. The van der Waals surface area contributed by atoms with Gasteiger partial charge in [0.1, 0.15) is 46.0 Å². The van der Waals surface area contributed by atoms with Crippen molar-refractivity contribution in [2.75, 3.05) is 76.5 Å². The summed E-state index contributed by atoms with van der Waals surface area (Å²) in [4.78, 5) is 60.0. The lowest BCUT2D eigenvalue weighted by Crippen LogP contribution is -2.55. The van der Waals surface area contributed by atoms with E-state index in [9.17, 15) is 39.6 Å². The fraction of sp³-hybridized carbons (Fsp3) is 0.269. The molecule has 0 aliphatic carbocycles. The summed E-state index contributed by atoms with van der Waals surface area (Å²) >= 11 is 0. The molecular weight excluding hydrogens is 1560 g/mol. The summed E-state index contributed by atoms with van der Waals surface area (Å²) in [6.07, 6.45) is 2.23. The number of rotatable bonds is 32. The van der Waals surface area contributed by atoms with Crippen LogP contribution in [0.5, 0.6) is 46.0 Å². The maximum Gasteiger partial charge on any atom is 0.233 e. The van der Waals surface area contributed by atoms with Gasteiger partial charge in [-0.25, -0.2) is 0 Å². The van der Waals surface area contributed by atoms with Gasteiger partial charge in [0.25, 0.3) is 0 Å². The number of amides is 4. The molecule has 12 atom stereocenters. The summed E-state index contributed by atoms with van der Waals surface area (Å²) in [6.45, 7) is 0. The molecule has 4 amide bonds. The predicted molar refractivity (Wildman–Crippen MR) is 481 cm³/mol. The first-order valence-electron chi connectivity index (χ1n) is 41.8. The number of benzene rings is 12. The Morgan fingerprint density at radius 1 is 0.218 bits per heavy atom. The lowest BCUT2D eigenvalue weighted by Gasteiger charge is -2.48. The van der Waals surface area contributed by atoms with Crippen molar-refractivity contribution in [1.29, 1.82) is 0 Å². The van der Waals surface area contributed by atoms with Crippen LogP contribution < -0.4 is 57.5 Å². The van der Waals surface area contributed by atoms with Gasteiger partial charge in [-0.1, -0.05) is 170 Å². The van der Waals surface area contributed by atoms with Crippen LogP contribution in [-0.2, 0) is 19.2 Å². The molecule has 4 fully saturated rings. The zero-order valence-corrected chi connectivity index (χ0v) is 71.1. The van der Waals surface area contributed by atoms with Gasteiger partial charge < -0.3 is 77.9 Å². The standard InChI is InChI=1S/4C26H27NO4/c4*1-30-21-12-8-19(9-13-21)25-23(16-17-24(28)18-6-4-3-5-7-18)26(29)27(25)20-10-14-22(31-2)15-11-20/h4*3-15,23-25,28H,16-17H2,1-2H3/t23?,24-,25+;23?,24-,25-;23-,24+,25+;23-,24-,25-/m0100/s1. The molecule has 2 unspecified atom stereocenters. The van der Waals surface area contributed by atoms with Gasteiger partial charge in [0.05, 0.1) is 129 Å². The summed E-state index contributed by atoms with van der Waals surface area (Å²) in [5, 5.41) is 42.3. The van der Waals surface area contributed by atoms with Crippen molar-refractivity contribution < 1.29 is 77.5 Å². The van der Waals surface area contributed by atoms with E-state index in [2.05, 4.69) is 0 Å². The smallest absolute Gasteiger partial charge is 0.233 e. The molecule has 0 aromatic heterocycles. The molecular formula is C104H108N4O16. The van der Waals surface area contributed by atoms with Gasteiger partial charge in [-0.15, -0.1) is 0 Å². The average molecular weight is 1670 g/mol. The number of anilines is 4. The zero-order valence-electron chi connectivity index (χ0n) is 71.1. The molecule has 20 nitrogen and oxygen atoms in total. The monoisotopic (exact) mass is 1670 g/mol. The van der Waals surface area contributed by atoms with Crippen molar-refractivity contribution in [3.8, 4) is 46.0 Å². The number of hydrogen-bond acceptors (Lipinski definition) is 16. The van der Waals surface area contributed by atoms with Crippen LogP contribution in [0, 0.1) is 23.7 Å². The van der Waals surface area contributed by atoms with Crippen molar-refractivity contribution in [2.45, 2.75) is 99.9 Å². The number of aliphatic hydroxyl groups excluding tert-OH is 4. The third-order valence-corrected chi connectivity index (χ3v) is 23.8. The Hall–Kier alpha value is -13.2. The minimum atomic E-state index is -0.583. The topological polar surface area (TPSA) is 236 Å². The second-order valence-electron chi connectivity index (χ2n) is 30.9. The highest BCUT2D eigenvalue weighted by atomic mass is 16.5. The van der Waals surface area contributed by atoms with Crippen LogP contribution in [0.4, 0.5) is 22.7 Å². The predicted octanol–water partition coefficient (Wildman–Crippen LogP) is 19.7. The number of aliphatic hydroxyl groups is 4. The Bertz CT molecular complexity index is 4680. The van der Waals surface area contributed by atoms with Crippen molar-refractivity contribution >= 4 is 46.4 Å². The van der Waals surface area contributed by atoms with Crippen LogP contribution in [-0.4, -0.2) is 101 Å². The summed E-state index contributed by atoms with van der Waals surface area (Å²) in [5.74, 6) is 5.67. The van der Waals surface area contributed by atoms with Gasteiger partial charge in [0.2, 0.25) is 23.6 Å². The van der Waals surface area contributed by atoms with Crippen LogP contribution in [0.25, 0.3) is 0 Å². The molecule has 0 radical (unpaired) electrons. The van der Waals surface area contributed by atoms with Crippen LogP contribution in [0.3, 0.4) is 0 Å². The SMILES string of the molecule is COc1ccc([C@@H]2C(CC[C@@H](O)c3ccccc3)C(=O)N2c2ccc(OC)cc2)cc1.COc1ccc([C@@H]2C(CC[C@H](O)c3ccccc3)C(=O)N2c2ccc(OC)cc2)cc1.COc1ccc([C@@H]2[C@H](CC[C@@H](O)c3ccccc3)C(=O)N2c2ccc(OC)cc2)cc1.COc1ccc([C@H]2[C@H](CC[C@H](O)c3ccccc3)C(=O)N2c2ccc(OC)cc2)cc1. The molecule has 640 valence electrons. The molecule has 124 heavy (non-hydrogen) atoms. The second kappa shape index (κ2) is 42.5. The summed E-state index contributed by atoms with van der Waals surface area (Å²) < 4.78 is 42.1. The van der Waals surface area contributed by atoms with Gasteiger partial charge in [-0.3, -0.25) is 19.2 Å². The molecule has 20 heteroatoms. The normalized spacial score (nSPS) is 18.9. The largest absolute Gasteiger partial charge is 0.497 e.